The first-order valence-electron chi connectivity index (χ1n) is 12.4. The van der Waals surface area contributed by atoms with Crippen molar-refractivity contribution in [2.24, 2.45) is 5.92 Å². The van der Waals surface area contributed by atoms with Gasteiger partial charge in [-0.05, 0) is 60.9 Å². The molecule has 5 rings (SSSR count). The molecule has 6 nitrogen and oxygen atoms in total. The van der Waals surface area contributed by atoms with E-state index in [0.717, 1.165) is 36.9 Å². The molecule has 2 amide bonds. The van der Waals surface area contributed by atoms with E-state index in [1.54, 1.807) is 35.2 Å². The number of carbonyl (C=O) groups excluding carboxylic acids is 2. The van der Waals surface area contributed by atoms with E-state index in [4.69, 9.17) is 11.6 Å². The minimum atomic E-state index is -0.362. The van der Waals surface area contributed by atoms with Crippen molar-refractivity contribution in [3.8, 4) is 6.07 Å². The van der Waals surface area contributed by atoms with Crippen LogP contribution in [0.1, 0.15) is 31.2 Å². The fourth-order valence-electron chi connectivity index (χ4n) is 5.09. The van der Waals surface area contributed by atoms with Gasteiger partial charge in [-0.15, -0.1) is 0 Å². The van der Waals surface area contributed by atoms with Crippen LogP contribution < -0.4 is 4.90 Å². The fraction of sp³-hybridized carbons (Fsp3) is 0.321. The third kappa shape index (κ3) is 5.25. The van der Waals surface area contributed by atoms with Crippen LogP contribution in [0.2, 0.25) is 5.02 Å². The van der Waals surface area contributed by atoms with Gasteiger partial charge in [0, 0.05) is 48.2 Å². The Morgan fingerprint density at radius 2 is 1.68 bits per heavy atom. The lowest BCUT2D eigenvalue weighted by Crippen LogP contribution is -2.52. The van der Waals surface area contributed by atoms with Crippen LogP contribution in [0.3, 0.4) is 0 Å². The maximum Gasteiger partial charge on any atom is 0.267 e. The number of halogens is 2. The molecule has 37 heavy (non-hydrogen) atoms. The van der Waals surface area contributed by atoms with Crippen LogP contribution in [0.15, 0.2) is 64.5 Å². The highest BCUT2D eigenvalue weighted by Crippen LogP contribution is 2.45. The summed E-state index contributed by atoms with van der Waals surface area (Å²) >= 11 is 7.56. The topological polar surface area (TPSA) is 67.6 Å². The highest BCUT2D eigenvalue weighted by Gasteiger charge is 2.35. The summed E-state index contributed by atoms with van der Waals surface area (Å²) in [4.78, 5) is 31.7. The van der Waals surface area contributed by atoms with Gasteiger partial charge >= 0.3 is 0 Å². The molecule has 2 aliphatic heterocycles. The highest BCUT2D eigenvalue weighted by atomic mass is 35.5. The molecule has 0 radical (unpaired) electrons. The first-order valence-corrected chi connectivity index (χ1v) is 13.6. The Labute approximate surface area is 225 Å². The second-order valence-corrected chi connectivity index (χ2v) is 10.6. The summed E-state index contributed by atoms with van der Waals surface area (Å²) in [5, 5.41) is 13.0. The summed E-state index contributed by atoms with van der Waals surface area (Å²) in [6, 6.07) is 15.4. The second kappa shape index (κ2) is 11.0. The van der Waals surface area contributed by atoms with E-state index >= 15 is 0 Å². The molecule has 3 aliphatic rings. The molecule has 0 N–H and O–H groups in total. The van der Waals surface area contributed by atoms with Gasteiger partial charge in [-0.1, -0.05) is 42.3 Å². The van der Waals surface area contributed by atoms with Gasteiger partial charge in [0.05, 0.1) is 5.70 Å². The number of rotatable bonds is 4. The molecule has 0 aromatic heterocycles. The molecule has 2 fully saturated rings. The third-order valence-electron chi connectivity index (χ3n) is 7.06. The van der Waals surface area contributed by atoms with Gasteiger partial charge in [-0.3, -0.25) is 9.59 Å². The van der Waals surface area contributed by atoms with Crippen molar-refractivity contribution in [2.45, 2.75) is 25.7 Å². The number of nitrogens with zero attached hydrogens (tertiary/aromatic N) is 4. The summed E-state index contributed by atoms with van der Waals surface area (Å²) < 4.78 is 13.6. The number of piperazine rings is 1. The SMILES string of the molecule is N#C/C(C(=O)N1CCN(C(=O)C2CCCC2)CC1)=C1/SC=C(c2ccc(F)cc2)N1c1cccc(Cl)c1. The molecule has 2 aromatic rings. The quantitative estimate of drug-likeness (QED) is 0.374. The van der Waals surface area contributed by atoms with Crippen LogP contribution in [0.5, 0.6) is 0 Å². The molecule has 190 valence electrons. The standard InChI is InChI=1S/C28H26ClFN4O2S/c29-21-6-3-7-23(16-21)34-25(19-8-10-22(30)11-9-19)18-37-28(34)24(17-31)27(36)33-14-12-32(13-15-33)26(35)20-4-1-2-5-20/h3,6-11,16,18,20H,1-2,4-5,12-15H2/b28-24-. The monoisotopic (exact) mass is 536 g/mol. The molecule has 1 saturated carbocycles. The van der Waals surface area contributed by atoms with E-state index in [1.165, 1.54) is 23.9 Å². The van der Waals surface area contributed by atoms with E-state index in [1.807, 2.05) is 21.3 Å². The number of anilines is 1. The summed E-state index contributed by atoms with van der Waals surface area (Å²) in [7, 11) is 0. The van der Waals surface area contributed by atoms with Crippen molar-refractivity contribution in [2.75, 3.05) is 31.1 Å². The second-order valence-electron chi connectivity index (χ2n) is 9.33. The van der Waals surface area contributed by atoms with E-state index in [2.05, 4.69) is 6.07 Å². The van der Waals surface area contributed by atoms with Gasteiger partial charge in [0.1, 0.15) is 22.5 Å². The summed E-state index contributed by atoms with van der Waals surface area (Å²) in [5.41, 5.74) is 2.17. The Bertz CT molecular complexity index is 1310. The van der Waals surface area contributed by atoms with Crippen molar-refractivity contribution in [3.05, 3.63) is 80.9 Å². The number of amides is 2. The highest BCUT2D eigenvalue weighted by molar-refractivity contribution is 8.06. The van der Waals surface area contributed by atoms with Crippen molar-refractivity contribution < 1.29 is 14.0 Å². The average Bonchev–Trinajstić information content (AvgIpc) is 3.60. The molecule has 1 aliphatic carbocycles. The van der Waals surface area contributed by atoms with Gasteiger partial charge in [0.2, 0.25) is 5.91 Å². The van der Waals surface area contributed by atoms with Crippen molar-refractivity contribution in [3.63, 3.8) is 0 Å². The maximum atomic E-state index is 13.6. The van der Waals surface area contributed by atoms with Crippen LogP contribution in [0.25, 0.3) is 5.70 Å². The van der Waals surface area contributed by atoms with E-state index < -0.39 is 0 Å². The zero-order valence-corrected chi connectivity index (χ0v) is 21.8. The predicted octanol–water partition coefficient (Wildman–Crippen LogP) is 5.63. The minimum absolute atomic E-state index is 0.0221. The Hall–Kier alpha value is -3.28. The smallest absolute Gasteiger partial charge is 0.267 e. The summed E-state index contributed by atoms with van der Waals surface area (Å²) in [6.07, 6.45) is 4.09. The normalized spacial score (nSPS) is 19.6. The lowest BCUT2D eigenvalue weighted by atomic mass is 10.1. The van der Waals surface area contributed by atoms with Crippen LogP contribution in [-0.2, 0) is 9.59 Å². The molecule has 0 unspecified atom stereocenters. The molecule has 0 spiro atoms. The first kappa shape index (κ1) is 25.4. The van der Waals surface area contributed by atoms with E-state index in [9.17, 15) is 19.2 Å². The lowest BCUT2D eigenvalue weighted by molar-refractivity contribution is -0.140. The maximum absolute atomic E-state index is 13.6. The van der Waals surface area contributed by atoms with Gasteiger partial charge in [-0.25, -0.2) is 4.39 Å². The van der Waals surface area contributed by atoms with E-state index in [-0.39, 0.29) is 29.1 Å². The number of nitriles is 1. The van der Waals surface area contributed by atoms with E-state index in [0.29, 0.717) is 41.9 Å². The van der Waals surface area contributed by atoms with Crippen molar-refractivity contribution >= 4 is 46.6 Å². The number of benzene rings is 2. The molecule has 0 atom stereocenters. The molecular formula is C28H26ClFN4O2S. The Morgan fingerprint density at radius 1 is 1.00 bits per heavy atom. The Kier molecular flexibility index (Phi) is 7.54. The average molecular weight is 537 g/mol. The number of hydrogen-bond donors (Lipinski definition) is 0. The molecule has 0 bridgehead atoms. The fourth-order valence-corrected chi connectivity index (χ4v) is 6.30. The van der Waals surface area contributed by atoms with Gasteiger partial charge in [-0.2, -0.15) is 5.26 Å². The largest absolute Gasteiger partial charge is 0.339 e. The molecular weight excluding hydrogens is 511 g/mol. The van der Waals surface area contributed by atoms with Crippen LogP contribution in [0.4, 0.5) is 10.1 Å². The Morgan fingerprint density at radius 3 is 2.32 bits per heavy atom. The number of hydrogen-bond acceptors (Lipinski definition) is 5. The lowest BCUT2D eigenvalue weighted by Gasteiger charge is -2.36. The predicted molar refractivity (Wildman–Crippen MR) is 144 cm³/mol. The summed E-state index contributed by atoms with van der Waals surface area (Å²) in [6.45, 7) is 1.71. The number of carbonyl (C=O) groups is 2. The van der Waals surface area contributed by atoms with Crippen LogP contribution in [0, 0.1) is 23.1 Å². The molecule has 2 aromatic carbocycles. The summed E-state index contributed by atoms with van der Waals surface area (Å²) in [5.74, 6) is -0.413. The van der Waals surface area contributed by atoms with Crippen LogP contribution >= 0.6 is 23.4 Å². The molecule has 2 heterocycles. The zero-order valence-electron chi connectivity index (χ0n) is 20.2. The van der Waals surface area contributed by atoms with Crippen molar-refractivity contribution in [1.82, 2.24) is 9.80 Å². The first-order chi connectivity index (χ1) is 18.0. The minimum Gasteiger partial charge on any atom is -0.339 e. The number of thioether (sulfide) groups is 1. The van der Waals surface area contributed by atoms with Gasteiger partial charge in [0.25, 0.3) is 5.91 Å². The zero-order chi connectivity index (χ0) is 25.9. The van der Waals surface area contributed by atoms with Gasteiger partial charge in [0.15, 0.2) is 0 Å². The molecule has 1 saturated heterocycles. The molecule has 9 heteroatoms. The Balaban J connectivity index is 1.41. The van der Waals surface area contributed by atoms with Crippen LogP contribution in [-0.4, -0.2) is 47.8 Å². The van der Waals surface area contributed by atoms with Gasteiger partial charge < -0.3 is 14.7 Å². The van der Waals surface area contributed by atoms with Crippen molar-refractivity contribution in [1.29, 1.82) is 5.26 Å². The third-order valence-corrected chi connectivity index (χ3v) is 8.24.